The van der Waals surface area contributed by atoms with Crippen molar-refractivity contribution in [3.05, 3.63) is 66.5 Å². The molecule has 2 heteroatoms. The molecule has 0 saturated carbocycles. The van der Waals surface area contributed by atoms with Gasteiger partial charge in [0.25, 0.3) is 0 Å². The SMILES string of the molecule is Cc1cccc2c(-c3cc4ccccc4cn3)c[nH]c12. The fraction of sp³-hybridized carbons (Fsp3) is 0.0556. The Morgan fingerprint density at radius 2 is 1.80 bits per heavy atom. The molecule has 0 aliphatic rings. The third-order valence-electron chi connectivity index (χ3n) is 3.83. The highest BCUT2D eigenvalue weighted by Crippen LogP contribution is 2.30. The quantitative estimate of drug-likeness (QED) is 0.527. The van der Waals surface area contributed by atoms with Crippen LogP contribution in [-0.4, -0.2) is 9.97 Å². The van der Waals surface area contributed by atoms with Crippen LogP contribution in [0, 0.1) is 6.92 Å². The summed E-state index contributed by atoms with van der Waals surface area (Å²) in [6, 6.07) is 16.8. The van der Waals surface area contributed by atoms with Crippen LogP contribution in [0.3, 0.4) is 0 Å². The molecule has 0 aliphatic carbocycles. The summed E-state index contributed by atoms with van der Waals surface area (Å²) < 4.78 is 0. The first-order chi connectivity index (χ1) is 9.83. The minimum Gasteiger partial charge on any atom is -0.360 e. The molecule has 0 fully saturated rings. The minimum absolute atomic E-state index is 1.01. The van der Waals surface area contributed by atoms with Gasteiger partial charge in [0.1, 0.15) is 0 Å². The number of benzene rings is 2. The summed E-state index contributed by atoms with van der Waals surface area (Å²) in [5, 5.41) is 3.62. The molecule has 96 valence electrons. The minimum atomic E-state index is 1.01. The summed E-state index contributed by atoms with van der Waals surface area (Å²) in [4.78, 5) is 7.97. The van der Waals surface area contributed by atoms with Gasteiger partial charge in [-0.05, 0) is 23.9 Å². The summed E-state index contributed by atoms with van der Waals surface area (Å²) in [5.41, 5.74) is 4.63. The summed E-state index contributed by atoms with van der Waals surface area (Å²) in [6.07, 6.45) is 3.99. The lowest BCUT2D eigenvalue weighted by Gasteiger charge is -2.02. The number of aryl methyl sites for hydroxylation is 1. The fourth-order valence-electron chi connectivity index (χ4n) is 2.75. The van der Waals surface area contributed by atoms with Crippen LogP contribution < -0.4 is 0 Å². The zero-order chi connectivity index (χ0) is 13.5. The number of nitrogens with one attached hydrogen (secondary N) is 1. The van der Waals surface area contributed by atoms with Crippen LogP contribution >= 0.6 is 0 Å². The van der Waals surface area contributed by atoms with E-state index in [0.29, 0.717) is 0 Å². The van der Waals surface area contributed by atoms with Crippen LogP contribution in [-0.2, 0) is 0 Å². The lowest BCUT2D eigenvalue weighted by atomic mass is 10.1. The van der Waals surface area contributed by atoms with Gasteiger partial charge in [0.15, 0.2) is 0 Å². The maximum Gasteiger partial charge on any atom is 0.0729 e. The Kier molecular flexibility index (Phi) is 2.36. The molecule has 0 spiro atoms. The number of fused-ring (bicyclic) bond motifs is 2. The molecule has 2 aromatic carbocycles. The molecule has 2 aromatic heterocycles. The lowest BCUT2D eigenvalue weighted by molar-refractivity contribution is 1.36. The van der Waals surface area contributed by atoms with E-state index in [2.05, 4.69) is 65.6 Å². The molecule has 20 heavy (non-hydrogen) atoms. The molecule has 0 unspecified atom stereocenters. The van der Waals surface area contributed by atoms with E-state index in [9.17, 15) is 0 Å². The van der Waals surface area contributed by atoms with Gasteiger partial charge < -0.3 is 4.98 Å². The highest BCUT2D eigenvalue weighted by molar-refractivity contribution is 5.97. The van der Waals surface area contributed by atoms with Crippen molar-refractivity contribution in [2.24, 2.45) is 0 Å². The van der Waals surface area contributed by atoms with Gasteiger partial charge in [0, 0.05) is 34.2 Å². The zero-order valence-electron chi connectivity index (χ0n) is 11.2. The van der Waals surface area contributed by atoms with Crippen LogP contribution in [0.1, 0.15) is 5.56 Å². The van der Waals surface area contributed by atoms with E-state index in [1.54, 1.807) is 0 Å². The second-order valence-electron chi connectivity index (χ2n) is 5.12. The number of hydrogen-bond donors (Lipinski definition) is 1. The number of hydrogen-bond acceptors (Lipinski definition) is 1. The third kappa shape index (κ3) is 1.62. The summed E-state index contributed by atoms with van der Waals surface area (Å²) in [5.74, 6) is 0. The number of para-hydroxylation sites is 1. The molecule has 0 radical (unpaired) electrons. The van der Waals surface area contributed by atoms with Crippen molar-refractivity contribution < 1.29 is 0 Å². The normalized spacial score (nSPS) is 11.2. The molecular formula is C18H14N2. The summed E-state index contributed by atoms with van der Waals surface area (Å²) >= 11 is 0. The first-order valence-corrected chi connectivity index (χ1v) is 6.75. The van der Waals surface area contributed by atoms with E-state index in [4.69, 9.17) is 0 Å². The molecule has 0 aliphatic heterocycles. The van der Waals surface area contributed by atoms with E-state index in [-0.39, 0.29) is 0 Å². The first kappa shape index (κ1) is 11.2. The zero-order valence-corrected chi connectivity index (χ0v) is 11.2. The smallest absolute Gasteiger partial charge is 0.0729 e. The molecule has 0 amide bonds. The summed E-state index contributed by atoms with van der Waals surface area (Å²) in [6.45, 7) is 2.12. The van der Waals surface area contributed by atoms with Gasteiger partial charge >= 0.3 is 0 Å². The van der Waals surface area contributed by atoms with Crippen LogP contribution in [0.5, 0.6) is 0 Å². The number of aromatic nitrogens is 2. The van der Waals surface area contributed by atoms with Crippen LogP contribution in [0.4, 0.5) is 0 Å². The van der Waals surface area contributed by atoms with E-state index in [1.165, 1.54) is 27.2 Å². The Hall–Kier alpha value is -2.61. The topological polar surface area (TPSA) is 28.7 Å². The molecule has 4 rings (SSSR count). The van der Waals surface area contributed by atoms with Crippen molar-refractivity contribution in [1.82, 2.24) is 9.97 Å². The van der Waals surface area contributed by atoms with Crippen molar-refractivity contribution in [2.75, 3.05) is 0 Å². The standard InChI is InChI=1S/C18H14N2/c1-12-5-4-8-15-16(11-20-18(12)15)17-9-13-6-2-3-7-14(13)10-19-17/h2-11,20H,1H3. The van der Waals surface area contributed by atoms with Gasteiger partial charge in [0.05, 0.1) is 5.69 Å². The van der Waals surface area contributed by atoms with E-state index < -0.39 is 0 Å². The van der Waals surface area contributed by atoms with E-state index in [1.807, 2.05) is 12.3 Å². The predicted molar refractivity (Wildman–Crippen MR) is 83.8 cm³/mol. The number of aromatic amines is 1. The number of H-pyrrole nitrogens is 1. The maximum absolute atomic E-state index is 4.61. The van der Waals surface area contributed by atoms with Crippen molar-refractivity contribution in [2.45, 2.75) is 6.92 Å². The van der Waals surface area contributed by atoms with E-state index in [0.717, 1.165) is 11.3 Å². The van der Waals surface area contributed by atoms with Gasteiger partial charge in [-0.15, -0.1) is 0 Å². The van der Waals surface area contributed by atoms with Gasteiger partial charge in [-0.1, -0.05) is 42.5 Å². The Bertz CT molecular complexity index is 919. The van der Waals surface area contributed by atoms with Gasteiger partial charge in [-0.3, -0.25) is 4.98 Å². The van der Waals surface area contributed by atoms with Crippen LogP contribution in [0.25, 0.3) is 32.9 Å². The molecule has 0 saturated heterocycles. The third-order valence-corrected chi connectivity index (χ3v) is 3.83. The largest absolute Gasteiger partial charge is 0.360 e. The van der Waals surface area contributed by atoms with Crippen LogP contribution in [0.15, 0.2) is 60.9 Å². The van der Waals surface area contributed by atoms with Gasteiger partial charge in [-0.2, -0.15) is 0 Å². The predicted octanol–water partition coefficient (Wildman–Crippen LogP) is 4.69. The molecule has 0 atom stereocenters. The van der Waals surface area contributed by atoms with Crippen LogP contribution in [0.2, 0.25) is 0 Å². The Balaban J connectivity index is 1.99. The van der Waals surface area contributed by atoms with Crippen molar-refractivity contribution in [3.63, 3.8) is 0 Å². The lowest BCUT2D eigenvalue weighted by Crippen LogP contribution is -1.83. The molecule has 4 aromatic rings. The maximum atomic E-state index is 4.61. The van der Waals surface area contributed by atoms with Gasteiger partial charge in [-0.25, -0.2) is 0 Å². The highest BCUT2D eigenvalue weighted by Gasteiger charge is 2.08. The number of rotatable bonds is 1. The van der Waals surface area contributed by atoms with Gasteiger partial charge in [0.2, 0.25) is 0 Å². The Morgan fingerprint density at radius 3 is 2.70 bits per heavy atom. The Morgan fingerprint density at radius 1 is 0.950 bits per heavy atom. The van der Waals surface area contributed by atoms with Crippen molar-refractivity contribution in [1.29, 1.82) is 0 Å². The molecule has 2 nitrogen and oxygen atoms in total. The molecule has 1 N–H and O–H groups in total. The summed E-state index contributed by atoms with van der Waals surface area (Å²) in [7, 11) is 0. The first-order valence-electron chi connectivity index (χ1n) is 6.75. The second kappa shape index (κ2) is 4.20. The average Bonchev–Trinajstić information content (AvgIpc) is 2.92. The molecule has 0 bridgehead atoms. The second-order valence-corrected chi connectivity index (χ2v) is 5.12. The fourth-order valence-corrected chi connectivity index (χ4v) is 2.75. The van der Waals surface area contributed by atoms with E-state index >= 15 is 0 Å². The monoisotopic (exact) mass is 258 g/mol. The number of pyridine rings is 1. The van der Waals surface area contributed by atoms with Crippen molar-refractivity contribution >= 4 is 21.7 Å². The van der Waals surface area contributed by atoms with Crippen molar-refractivity contribution in [3.8, 4) is 11.3 Å². The average molecular weight is 258 g/mol. The number of nitrogens with zero attached hydrogens (tertiary/aromatic N) is 1. The highest BCUT2D eigenvalue weighted by atomic mass is 14.7. The Labute approximate surface area is 117 Å². The molecular weight excluding hydrogens is 244 g/mol. The molecule has 2 heterocycles.